The fourth-order valence-electron chi connectivity index (χ4n) is 0.553. The van der Waals surface area contributed by atoms with Gasteiger partial charge in [-0.15, -0.1) is 0 Å². The Labute approximate surface area is 71.2 Å². The first kappa shape index (κ1) is 10.7. The van der Waals surface area contributed by atoms with Gasteiger partial charge in [-0.2, -0.15) is 0 Å². The molecule has 0 aromatic rings. The van der Waals surface area contributed by atoms with Crippen LogP contribution in [-0.2, 0) is 14.3 Å². The van der Waals surface area contributed by atoms with Crippen molar-refractivity contribution in [3.05, 3.63) is 12.2 Å². The van der Waals surface area contributed by atoms with E-state index in [2.05, 4.69) is 9.47 Å². The van der Waals surface area contributed by atoms with E-state index in [1.807, 2.05) is 19.1 Å². The molecule has 4 heteroatoms. The van der Waals surface area contributed by atoms with Crippen molar-refractivity contribution in [2.75, 3.05) is 7.11 Å². The lowest BCUT2D eigenvalue weighted by Crippen LogP contribution is -2.11. The quantitative estimate of drug-likeness (QED) is 0.369. The van der Waals surface area contributed by atoms with Gasteiger partial charge >= 0.3 is 12.1 Å². The monoisotopic (exact) mass is 172 g/mol. The first-order valence-corrected chi connectivity index (χ1v) is 3.60. The van der Waals surface area contributed by atoms with E-state index in [4.69, 9.17) is 0 Å². The molecule has 0 heterocycles. The Morgan fingerprint density at radius 1 is 1.42 bits per heavy atom. The zero-order valence-corrected chi connectivity index (χ0v) is 7.20. The molecule has 12 heavy (non-hydrogen) atoms. The molecule has 0 bridgehead atoms. The third kappa shape index (κ3) is 5.46. The lowest BCUT2D eigenvalue weighted by atomic mass is 10.3. The van der Waals surface area contributed by atoms with Gasteiger partial charge in [0, 0.05) is 6.42 Å². The first-order valence-electron chi connectivity index (χ1n) is 3.60. The molecular formula is C8H12O4. The van der Waals surface area contributed by atoms with Gasteiger partial charge in [0.15, 0.2) is 0 Å². The molecule has 0 rings (SSSR count). The van der Waals surface area contributed by atoms with Crippen LogP contribution in [0, 0.1) is 0 Å². The van der Waals surface area contributed by atoms with E-state index in [-0.39, 0.29) is 6.42 Å². The van der Waals surface area contributed by atoms with Crippen LogP contribution >= 0.6 is 0 Å². The van der Waals surface area contributed by atoms with E-state index in [9.17, 15) is 9.59 Å². The average Bonchev–Trinajstić information content (AvgIpc) is 2.05. The van der Waals surface area contributed by atoms with Crippen LogP contribution in [0.2, 0.25) is 0 Å². The highest BCUT2D eigenvalue weighted by Crippen LogP contribution is 1.95. The number of allylic oxidation sites excluding steroid dienone is 2. The molecule has 0 N–H and O–H groups in total. The van der Waals surface area contributed by atoms with Gasteiger partial charge in [-0.1, -0.05) is 12.2 Å². The van der Waals surface area contributed by atoms with E-state index in [1.165, 1.54) is 0 Å². The number of ether oxygens (including phenoxy) is 2. The zero-order valence-electron chi connectivity index (χ0n) is 7.20. The number of carbonyl (C=O) groups is 2. The van der Waals surface area contributed by atoms with Crippen LogP contribution in [0.15, 0.2) is 12.2 Å². The van der Waals surface area contributed by atoms with E-state index in [0.717, 1.165) is 7.11 Å². The second kappa shape index (κ2) is 6.39. The van der Waals surface area contributed by atoms with Crippen molar-refractivity contribution in [2.45, 2.75) is 19.8 Å². The molecular weight excluding hydrogens is 160 g/mol. The molecule has 0 fully saturated rings. The van der Waals surface area contributed by atoms with Gasteiger partial charge in [0.1, 0.15) is 0 Å². The Kier molecular flexibility index (Phi) is 5.69. The van der Waals surface area contributed by atoms with E-state index < -0.39 is 12.1 Å². The van der Waals surface area contributed by atoms with E-state index in [0.29, 0.717) is 6.42 Å². The summed E-state index contributed by atoms with van der Waals surface area (Å²) in [5.41, 5.74) is 0. The fourth-order valence-corrected chi connectivity index (χ4v) is 0.553. The summed E-state index contributed by atoms with van der Waals surface area (Å²) in [6.07, 6.45) is 3.45. The van der Waals surface area contributed by atoms with Crippen LogP contribution in [0.25, 0.3) is 0 Å². The van der Waals surface area contributed by atoms with Crippen molar-refractivity contribution in [1.82, 2.24) is 0 Å². The molecule has 0 unspecified atom stereocenters. The molecule has 0 saturated heterocycles. The fraction of sp³-hybridized carbons (Fsp3) is 0.500. The molecule has 0 aliphatic rings. The van der Waals surface area contributed by atoms with E-state index in [1.54, 1.807) is 0 Å². The number of methoxy groups -OCH3 is 1. The molecule has 0 radical (unpaired) electrons. The van der Waals surface area contributed by atoms with Crippen LogP contribution in [0.1, 0.15) is 19.8 Å². The van der Waals surface area contributed by atoms with Crippen molar-refractivity contribution in [3.8, 4) is 0 Å². The summed E-state index contributed by atoms with van der Waals surface area (Å²) in [5, 5.41) is 0. The Morgan fingerprint density at radius 2 is 2.08 bits per heavy atom. The van der Waals surface area contributed by atoms with Crippen LogP contribution < -0.4 is 0 Å². The zero-order chi connectivity index (χ0) is 9.40. The summed E-state index contributed by atoms with van der Waals surface area (Å²) in [6.45, 7) is 1.85. The lowest BCUT2D eigenvalue weighted by Gasteiger charge is -1.98. The Hall–Kier alpha value is -1.32. The molecule has 0 aromatic carbocycles. The number of hydrogen-bond donors (Lipinski definition) is 0. The number of hydrogen-bond acceptors (Lipinski definition) is 4. The highest BCUT2D eigenvalue weighted by atomic mass is 16.7. The summed E-state index contributed by atoms with van der Waals surface area (Å²) in [7, 11) is 1.15. The number of rotatable bonds is 3. The van der Waals surface area contributed by atoms with E-state index >= 15 is 0 Å². The van der Waals surface area contributed by atoms with Gasteiger partial charge in [-0.3, -0.25) is 4.79 Å². The maximum Gasteiger partial charge on any atom is 0.515 e. The average molecular weight is 172 g/mol. The summed E-state index contributed by atoms with van der Waals surface area (Å²) in [5.74, 6) is -0.569. The van der Waals surface area contributed by atoms with Crippen LogP contribution in [0.3, 0.4) is 0 Å². The molecule has 0 aliphatic carbocycles. The summed E-state index contributed by atoms with van der Waals surface area (Å²) in [6, 6.07) is 0. The summed E-state index contributed by atoms with van der Waals surface area (Å²) < 4.78 is 8.34. The maximum absolute atomic E-state index is 10.7. The van der Waals surface area contributed by atoms with Crippen molar-refractivity contribution in [1.29, 1.82) is 0 Å². The summed E-state index contributed by atoms with van der Waals surface area (Å²) >= 11 is 0. The predicted octanol–water partition coefficient (Wildman–Crippen LogP) is 1.65. The highest BCUT2D eigenvalue weighted by Gasteiger charge is 2.07. The van der Waals surface area contributed by atoms with Gasteiger partial charge in [0.2, 0.25) is 0 Å². The topological polar surface area (TPSA) is 52.6 Å². The van der Waals surface area contributed by atoms with Crippen LogP contribution in [0.4, 0.5) is 4.79 Å². The Bertz CT molecular complexity index is 183. The molecule has 0 atom stereocenters. The minimum absolute atomic E-state index is 0.194. The predicted molar refractivity (Wildman–Crippen MR) is 42.5 cm³/mol. The van der Waals surface area contributed by atoms with Gasteiger partial charge in [0.05, 0.1) is 7.11 Å². The number of carbonyl (C=O) groups excluding carboxylic acids is 2. The Morgan fingerprint density at radius 3 is 2.58 bits per heavy atom. The maximum atomic E-state index is 10.7. The van der Waals surface area contributed by atoms with Crippen LogP contribution in [-0.4, -0.2) is 19.2 Å². The van der Waals surface area contributed by atoms with Gasteiger partial charge in [-0.25, -0.2) is 4.79 Å². The van der Waals surface area contributed by atoms with Gasteiger partial charge in [0.25, 0.3) is 0 Å². The molecule has 0 spiro atoms. The molecule has 68 valence electrons. The van der Waals surface area contributed by atoms with Crippen LogP contribution in [0.5, 0.6) is 0 Å². The molecule has 0 saturated carbocycles. The first-order chi connectivity index (χ1) is 5.70. The van der Waals surface area contributed by atoms with Crippen molar-refractivity contribution >= 4 is 12.1 Å². The smallest absolute Gasteiger partial charge is 0.437 e. The summed E-state index contributed by atoms with van der Waals surface area (Å²) in [4.78, 5) is 21.1. The van der Waals surface area contributed by atoms with Gasteiger partial charge < -0.3 is 9.47 Å². The second-order valence-corrected chi connectivity index (χ2v) is 2.04. The second-order valence-electron chi connectivity index (χ2n) is 2.04. The van der Waals surface area contributed by atoms with Crippen molar-refractivity contribution in [3.63, 3.8) is 0 Å². The minimum atomic E-state index is -0.958. The molecule has 0 amide bonds. The molecule has 4 nitrogen and oxygen atoms in total. The third-order valence-corrected chi connectivity index (χ3v) is 1.11. The standard InChI is InChI=1S/C8H12O4/c1-3-4-5-6-7(9)12-8(10)11-2/h3-4H,5-6H2,1-2H3. The van der Waals surface area contributed by atoms with Gasteiger partial charge in [-0.05, 0) is 13.3 Å². The Balaban J connectivity index is 3.53. The SMILES string of the molecule is CC=CCCC(=O)OC(=O)OC. The highest BCUT2D eigenvalue weighted by molar-refractivity contribution is 5.81. The molecule has 0 aromatic heterocycles. The molecule has 0 aliphatic heterocycles. The number of esters is 1. The van der Waals surface area contributed by atoms with Crippen molar-refractivity contribution < 1.29 is 19.1 Å². The third-order valence-electron chi connectivity index (χ3n) is 1.11. The minimum Gasteiger partial charge on any atom is -0.437 e. The largest absolute Gasteiger partial charge is 0.515 e. The normalized spacial score (nSPS) is 9.83. The van der Waals surface area contributed by atoms with Crippen molar-refractivity contribution in [2.24, 2.45) is 0 Å². The lowest BCUT2D eigenvalue weighted by molar-refractivity contribution is -0.139.